The molecule has 1 heterocycles. The summed E-state index contributed by atoms with van der Waals surface area (Å²) in [7, 11) is 0. The van der Waals surface area contributed by atoms with Crippen molar-refractivity contribution in [3.8, 4) is 0 Å². The molecule has 0 bridgehead atoms. The van der Waals surface area contributed by atoms with Crippen molar-refractivity contribution in [1.82, 2.24) is 20.9 Å². The molecule has 3 N–H and O–H groups in total. The lowest BCUT2D eigenvalue weighted by molar-refractivity contribution is -0.128. The fourth-order valence-corrected chi connectivity index (χ4v) is 3.34. The van der Waals surface area contributed by atoms with Crippen LogP contribution in [0.1, 0.15) is 46.1 Å². The summed E-state index contributed by atoms with van der Waals surface area (Å²) in [5, 5.41) is 9.52. The average molecular weight is 551 g/mol. The van der Waals surface area contributed by atoms with E-state index in [0.717, 1.165) is 25.9 Å². The van der Waals surface area contributed by atoms with Crippen molar-refractivity contribution in [2.24, 2.45) is 10.4 Å². The summed E-state index contributed by atoms with van der Waals surface area (Å²) in [6.07, 6.45) is 1.90. The van der Waals surface area contributed by atoms with Crippen LogP contribution in [0.25, 0.3) is 0 Å². The molecule has 176 valence electrons. The topological polar surface area (TPSA) is 68.8 Å². The number of carbonyl (C=O) groups is 1. The molecule has 1 aromatic rings. The van der Waals surface area contributed by atoms with Gasteiger partial charge in [0.15, 0.2) is 5.96 Å². The van der Waals surface area contributed by atoms with Gasteiger partial charge in [0.1, 0.15) is 11.6 Å². The van der Waals surface area contributed by atoms with Crippen LogP contribution >= 0.6 is 24.0 Å². The first-order valence-corrected chi connectivity index (χ1v) is 10.7. The lowest BCUT2D eigenvalue weighted by Crippen LogP contribution is -2.51. The molecular weight excluding hydrogens is 515 g/mol. The van der Waals surface area contributed by atoms with Crippen LogP contribution in [0, 0.1) is 17.0 Å². The number of guanidine groups is 1. The second-order valence-electron chi connectivity index (χ2n) is 8.69. The van der Waals surface area contributed by atoms with Gasteiger partial charge in [-0.25, -0.2) is 8.78 Å². The Morgan fingerprint density at radius 3 is 2.52 bits per heavy atom. The van der Waals surface area contributed by atoms with Gasteiger partial charge < -0.3 is 16.0 Å². The zero-order chi connectivity index (χ0) is 22.1. The Labute approximate surface area is 201 Å². The van der Waals surface area contributed by atoms with Gasteiger partial charge in [-0.2, -0.15) is 0 Å². The summed E-state index contributed by atoms with van der Waals surface area (Å²) in [6.45, 7) is 11.0. The Bertz CT molecular complexity index is 719. The van der Waals surface area contributed by atoms with Crippen molar-refractivity contribution in [2.75, 3.05) is 32.7 Å². The predicted octanol–water partition coefficient (Wildman–Crippen LogP) is 3.26. The van der Waals surface area contributed by atoms with Crippen LogP contribution in [0.5, 0.6) is 0 Å². The quantitative estimate of drug-likeness (QED) is 0.211. The van der Waals surface area contributed by atoms with E-state index in [0.29, 0.717) is 25.6 Å². The van der Waals surface area contributed by atoms with E-state index in [4.69, 9.17) is 0 Å². The molecule has 1 aromatic carbocycles. The number of carbonyl (C=O) groups excluding carboxylic acids is 1. The van der Waals surface area contributed by atoms with Gasteiger partial charge in [-0.1, -0.05) is 26.8 Å². The first-order chi connectivity index (χ1) is 14.2. The predicted molar refractivity (Wildman–Crippen MR) is 132 cm³/mol. The van der Waals surface area contributed by atoms with E-state index in [1.807, 2.05) is 27.7 Å². The van der Waals surface area contributed by atoms with Gasteiger partial charge in [-0.3, -0.25) is 14.7 Å². The van der Waals surface area contributed by atoms with E-state index >= 15 is 0 Å². The fraction of sp³-hybridized carbons (Fsp3) is 0.636. The number of piperidine rings is 1. The second kappa shape index (κ2) is 13.1. The van der Waals surface area contributed by atoms with Crippen LogP contribution in [0.4, 0.5) is 8.78 Å². The molecule has 1 atom stereocenters. The number of aliphatic imine (C=N–C) groups is 1. The van der Waals surface area contributed by atoms with Gasteiger partial charge in [-0.15, -0.1) is 24.0 Å². The van der Waals surface area contributed by atoms with Crippen molar-refractivity contribution in [2.45, 2.75) is 53.1 Å². The molecule has 6 nitrogen and oxygen atoms in total. The Hall–Kier alpha value is -1.49. The highest BCUT2D eigenvalue weighted by atomic mass is 127. The minimum Gasteiger partial charge on any atom is -0.357 e. The van der Waals surface area contributed by atoms with Crippen LogP contribution in [0.15, 0.2) is 23.2 Å². The zero-order valence-corrected chi connectivity index (χ0v) is 21.3. The molecule has 0 spiro atoms. The highest BCUT2D eigenvalue weighted by Gasteiger charge is 2.23. The molecule has 1 fully saturated rings. The zero-order valence-electron chi connectivity index (χ0n) is 18.9. The number of benzene rings is 1. The molecule has 2 rings (SSSR count). The van der Waals surface area contributed by atoms with E-state index in [9.17, 15) is 13.6 Å². The third-order valence-electron chi connectivity index (χ3n) is 4.98. The van der Waals surface area contributed by atoms with Crippen molar-refractivity contribution >= 4 is 35.8 Å². The summed E-state index contributed by atoms with van der Waals surface area (Å²) >= 11 is 0. The number of halogens is 3. The van der Waals surface area contributed by atoms with Gasteiger partial charge in [0, 0.05) is 43.2 Å². The number of nitrogens with zero attached hydrogens (tertiary/aromatic N) is 2. The van der Waals surface area contributed by atoms with Crippen molar-refractivity contribution in [1.29, 1.82) is 0 Å². The Morgan fingerprint density at radius 2 is 1.90 bits per heavy atom. The molecule has 1 amide bonds. The maximum absolute atomic E-state index is 14.0. The van der Waals surface area contributed by atoms with Crippen LogP contribution in [-0.2, 0) is 11.3 Å². The van der Waals surface area contributed by atoms with E-state index in [1.54, 1.807) is 0 Å². The SMILES string of the molecule is CCNC(=NCCNC(=O)C(C)(C)C)NC1CCCN(Cc2c(F)cccc2F)C1.I. The summed E-state index contributed by atoms with van der Waals surface area (Å²) in [5.41, 5.74) is -0.302. The molecule has 9 heteroatoms. The number of hydrogen-bond donors (Lipinski definition) is 3. The molecule has 1 unspecified atom stereocenters. The van der Waals surface area contributed by atoms with Gasteiger partial charge >= 0.3 is 0 Å². The standard InChI is InChI=1S/C22H35F2N5O.HI/c1-5-25-21(27-12-11-26-20(30)22(2,3)4)28-16-8-7-13-29(14-16)15-17-18(23)9-6-10-19(17)24;/h6,9-10,16H,5,7-8,11-15H2,1-4H3,(H,26,30)(H2,25,27,28);1H. The Balaban J connectivity index is 0.00000480. The maximum atomic E-state index is 14.0. The van der Waals surface area contributed by atoms with Crippen molar-refractivity contribution < 1.29 is 13.6 Å². The van der Waals surface area contributed by atoms with Crippen LogP contribution in [0.3, 0.4) is 0 Å². The lowest BCUT2D eigenvalue weighted by Gasteiger charge is -2.34. The average Bonchev–Trinajstić information content (AvgIpc) is 2.67. The number of likely N-dealkylation sites (tertiary alicyclic amines) is 1. The molecule has 0 aliphatic carbocycles. The fourth-order valence-electron chi connectivity index (χ4n) is 3.34. The summed E-state index contributed by atoms with van der Waals surface area (Å²) in [6, 6.07) is 4.12. The van der Waals surface area contributed by atoms with Gasteiger partial charge in [-0.05, 0) is 38.4 Å². The number of rotatable bonds is 7. The minimum atomic E-state index is -0.503. The maximum Gasteiger partial charge on any atom is 0.225 e. The molecule has 1 saturated heterocycles. The summed E-state index contributed by atoms with van der Waals surface area (Å²) in [5.74, 6) is -0.319. The second-order valence-corrected chi connectivity index (χ2v) is 8.69. The molecule has 0 radical (unpaired) electrons. The number of hydrogen-bond acceptors (Lipinski definition) is 3. The molecular formula is C22H36F2IN5O. The van der Waals surface area contributed by atoms with Crippen molar-refractivity contribution in [3.63, 3.8) is 0 Å². The van der Waals surface area contributed by atoms with E-state index in [1.165, 1.54) is 18.2 Å². The van der Waals surface area contributed by atoms with E-state index < -0.39 is 17.0 Å². The van der Waals surface area contributed by atoms with Gasteiger partial charge in [0.05, 0.1) is 6.54 Å². The van der Waals surface area contributed by atoms with Crippen LogP contribution in [-0.4, -0.2) is 55.5 Å². The molecule has 1 aliphatic rings. The molecule has 0 saturated carbocycles. The third kappa shape index (κ3) is 9.26. The Morgan fingerprint density at radius 1 is 1.23 bits per heavy atom. The molecule has 1 aliphatic heterocycles. The molecule has 0 aromatic heterocycles. The van der Waals surface area contributed by atoms with Gasteiger partial charge in [0.25, 0.3) is 0 Å². The minimum absolute atomic E-state index is 0. The first-order valence-electron chi connectivity index (χ1n) is 10.7. The summed E-state index contributed by atoms with van der Waals surface area (Å²) < 4.78 is 28.0. The first kappa shape index (κ1) is 27.5. The normalized spacial score (nSPS) is 17.6. The smallest absolute Gasteiger partial charge is 0.225 e. The largest absolute Gasteiger partial charge is 0.357 e. The molecule has 31 heavy (non-hydrogen) atoms. The van der Waals surface area contributed by atoms with Crippen molar-refractivity contribution in [3.05, 3.63) is 35.4 Å². The monoisotopic (exact) mass is 551 g/mol. The van der Waals surface area contributed by atoms with Gasteiger partial charge in [0.2, 0.25) is 5.91 Å². The lowest BCUT2D eigenvalue weighted by atomic mass is 9.96. The summed E-state index contributed by atoms with van der Waals surface area (Å²) in [4.78, 5) is 18.5. The Kier molecular flexibility index (Phi) is 11.7. The van der Waals surface area contributed by atoms with E-state index in [-0.39, 0.29) is 48.0 Å². The van der Waals surface area contributed by atoms with E-state index in [2.05, 4.69) is 25.8 Å². The third-order valence-corrected chi connectivity index (χ3v) is 4.98. The number of amides is 1. The number of nitrogens with one attached hydrogen (secondary N) is 3. The highest BCUT2D eigenvalue weighted by molar-refractivity contribution is 14.0. The van der Waals surface area contributed by atoms with Crippen LogP contribution < -0.4 is 16.0 Å². The van der Waals surface area contributed by atoms with Crippen LogP contribution in [0.2, 0.25) is 0 Å². The highest BCUT2D eigenvalue weighted by Crippen LogP contribution is 2.18.